The number of nitrogens with zero attached hydrogens (tertiary/aromatic N) is 1. The Morgan fingerprint density at radius 3 is 2.54 bits per heavy atom. The Morgan fingerprint density at radius 1 is 1.33 bits per heavy atom. The van der Waals surface area contributed by atoms with Crippen LogP contribution in [0.25, 0.3) is 0 Å². The number of benzene rings is 1. The van der Waals surface area contributed by atoms with E-state index in [1.54, 1.807) is 0 Å². The third-order valence-corrected chi connectivity index (χ3v) is 4.26. The molecule has 1 aromatic carbocycles. The molecule has 0 saturated carbocycles. The van der Waals surface area contributed by atoms with Gasteiger partial charge in [-0.25, -0.2) is 4.79 Å². The molecule has 5 nitrogen and oxygen atoms in total. The van der Waals surface area contributed by atoms with Crippen LogP contribution in [-0.4, -0.2) is 35.6 Å². The Kier molecular flexibility index (Phi) is 5.21. The van der Waals surface area contributed by atoms with E-state index in [1.165, 1.54) is 0 Å². The van der Waals surface area contributed by atoms with Crippen LogP contribution in [0.1, 0.15) is 52.6 Å². The van der Waals surface area contributed by atoms with Crippen LogP contribution in [0.5, 0.6) is 0 Å². The highest BCUT2D eigenvalue weighted by molar-refractivity contribution is 5.80. The van der Waals surface area contributed by atoms with Gasteiger partial charge >= 0.3 is 6.09 Å². The predicted molar refractivity (Wildman–Crippen MR) is 93.5 cm³/mol. The first-order chi connectivity index (χ1) is 11.1. The van der Waals surface area contributed by atoms with E-state index in [0.717, 1.165) is 5.56 Å². The van der Waals surface area contributed by atoms with Gasteiger partial charge in [0, 0.05) is 24.9 Å². The fraction of sp³-hybridized carbons (Fsp3) is 0.579. The van der Waals surface area contributed by atoms with Crippen molar-refractivity contribution < 1.29 is 14.3 Å². The van der Waals surface area contributed by atoms with Crippen molar-refractivity contribution in [2.24, 2.45) is 5.41 Å². The standard InChI is InChI=1S/C19H28N2O3/c1-14(15-9-7-6-8-10-15)21-13-19(5,11-16(21)22)12-20-17(23)24-18(2,3)4/h6-10,14H,11-13H2,1-5H3,(H,20,23)/t14-,19+/m1/s1. The van der Waals surface area contributed by atoms with Crippen molar-refractivity contribution in [1.29, 1.82) is 0 Å². The number of carbonyl (C=O) groups excluding carboxylic acids is 2. The first kappa shape index (κ1) is 18.3. The molecule has 2 amide bonds. The molecule has 2 atom stereocenters. The zero-order valence-corrected chi connectivity index (χ0v) is 15.3. The lowest BCUT2D eigenvalue weighted by molar-refractivity contribution is -0.129. The molecule has 5 heteroatoms. The average molecular weight is 332 g/mol. The van der Waals surface area contributed by atoms with Crippen molar-refractivity contribution in [1.82, 2.24) is 10.2 Å². The lowest BCUT2D eigenvalue weighted by Gasteiger charge is -2.29. The molecular weight excluding hydrogens is 304 g/mol. The number of carbonyl (C=O) groups is 2. The topological polar surface area (TPSA) is 58.6 Å². The number of hydrogen-bond donors (Lipinski definition) is 1. The second-order valence-electron chi connectivity index (χ2n) is 7.95. The van der Waals surface area contributed by atoms with Gasteiger partial charge in [-0.3, -0.25) is 4.79 Å². The van der Waals surface area contributed by atoms with Crippen LogP contribution in [0, 0.1) is 5.41 Å². The van der Waals surface area contributed by atoms with Crippen molar-refractivity contribution >= 4 is 12.0 Å². The highest BCUT2D eigenvalue weighted by atomic mass is 16.6. The lowest BCUT2D eigenvalue weighted by atomic mass is 9.89. The molecule has 1 aliphatic rings. The SMILES string of the molecule is C[C@H](c1ccccc1)N1C[C@](C)(CNC(=O)OC(C)(C)C)CC1=O. The Balaban J connectivity index is 1.96. The summed E-state index contributed by atoms with van der Waals surface area (Å²) in [5.41, 5.74) is 0.316. The number of amides is 2. The first-order valence-electron chi connectivity index (χ1n) is 8.41. The van der Waals surface area contributed by atoms with Crippen LogP contribution >= 0.6 is 0 Å². The molecule has 0 unspecified atom stereocenters. The highest BCUT2D eigenvalue weighted by Gasteiger charge is 2.41. The first-order valence-corrected chi connectivity index (χ1v) is 8.41. The zero-order valence-electron chi connectivity index (χ0n) is 15.3. The van der Waals surface area contributed by atoms with Crippen molar-refractivity contribution in [3.63, 3.8) is 0 Å². The minimum Gasteiger partial charge on any atom is -0.444 e. The Labute approximate surface area is 144 Å². The maximum Gasteiger partial charge on any atom is 0.407 e. The monoisotopic (exact) mass is 332 g/mol. The second-order valence-corrected chi connectivity index (χ2v) is 7.95. The number of likely N-dealkylation sites (tertiary alicyclic amines) is 1. The zero-order chi connectivity index (χ0) is 18.0. The van der Waals surface area contributed by atoms with Crippen LogP contribution in [0.4, 0.5) is 4.79 Å². The molecule has 24 heavy (non-hydrogen) atoms. The summed E-state index contributed by atoms with van der Waals surface area (Å²) in [6.07, 6.45) is -0.00861. The molecule has 1 fully saturated rings. The average Bonchev–Trinajstić information content (AvgIpc) is 2.79. The summed E-state index contributed by atoms with van der Waals surface area (Å²) in [7, 11) is 0. The van der Waals surface area contributed by atoms with E-state index in [1.807, 2.05) is 69.9 Å². The van der Waals surface area contributed by atoms with Crippen molar-refractivity contribution in [2.45, 2.75) is 52.7 Å². The normalized spacial score (nSPS) is 22.4. The van der Waals surface area contributed by atoms with E-state index in [9.17, 15) is 9.59 Å². The summed E-state index contributed by atoms with van der Waals surface area (Å²) >= 11 is 0. The van der Waals surface area contributed by atoms with Gasteiger partial charge in [0.15, 0.2) is 0 Å². The fourth-order valence-corrected chi connectivity index (χ4v) is 3.00. The summed E-state index contributed by atoms with van der Waals surface area (Å²) in [6.45, 7) is 10.6. The third kappa shape index (κ3) is 4.73. The van der Waals surface area contributed by atoms with Gasteiger partial charge in [-0.2, -0.15) is 0 Å². The van der Waals surface area contributed by atoms with E-state index < -0.39 is 11.7 Å². The second kappa shape index (κ2) is 6.83. The van der Waals surface area contributed by atoms with Crippen LogP contribution in [0.2, 0.25) is 0 Å². The molecular formula is C19H28N2O3. The number of alkyl carbamates (subject to hydrolysis) is 1. The molecule has 1 saturated heterocycles. The molecule has 0 aromatic heterocycles. The molecule has 1 N–H and O–H groups in total. The van der Waals surface area contributed by atoms with Crippen LogP contribution in [-0.2, 0) is 9.53 Å². The maximum atomic E-state index is 12.5. The van der Waals surface area contributed by atoms with Gasteiger partial charge in [-0.15, -0.1) is 0 Å². The summed E-state index contributed by atoms with van der Waals surface area (Å²) < 4.78 is 5.26. The minimum atomic E-state index is -0.523. The van der Waals surface area contributed by atoms with E-state index in [2.05, 4.69) is 5.32 Å². The van der Waals surface area contributed by atoms with Gasteiger partial charge in [0.25, 0.3) is 0 Å². The minimum absolute atomic E-state index is 0.0297. The van der Waals surface area contributed by atoms with Crippen molar-refractivity contribution in [2.75, 3.05) is 13.1 Å². The molecule has 1 aromatic rings. The van der Waals surface area contributed by atoms with E-state index in [0.29, 0.717) is 19.5 Å². The summed E-state index contributed by atoms with van der Waals surface area (Å²) in [5, 5.41) is 2.80. The number of nitrogens with one attached hydrogen (secondary N) is 1. The smallest absolute Gasteiger partial charge is 0.407 e. The summed E-state index contributed by atoms with van der Waals surface area (Å²) in [4.78, 5) is 26.2. The van der Waals surface area contributed by atoms with Gasteiger partial charge in [-0.05, 0) is 33.3 Å². The van der Waals surface area contributed by atoms with E-state index in [4.69, 9.17) is 4.74 Å². The molecule has 0 bridgehead atoms. The van der Waals surface area contributed by atoms with Crippen molar-refractivity contribution in [3.8, 4) is 0 Å². The van der Waals surface area contributed by atoms with Gasteiger partial charge in [-0.1, -0.05) is 37.3 Å². The van der Waals surface area contributed by atoms with Gasteiger partial charge in [0.1, 0.15) is 5.60 Å². The largest absolute Gasteiger partial charge is 0.444 e. The van der Waals surface area contributed by atoms with Gasteiger partial charge < -0.3 is 15.0 Å². The Morgan fingerprint density at radius 2 is 1.96 bits per heavy atom. The fourth-order valence-electron chi connectivity index (χ4n) is 3.00. The number of rotatable bonds is 4. The quantitative estimate of drug-likeness (QED) is 0.918. The summed E-state index contributed by atoms with van der Waals surface area (Å²) in [6, 6.07) is 10.0. The molecule has 0 spiro atoms. The van der Waals surface area contributed by atoms with Crippen LogP contribution in [0.15, 0.2) is 30.3 Å². The number of hydrogen-bond acceptors (Lipinski definition) is 3. The lowest BCUT2D eigenvalue weighted by Crippen LogP contribution is -2.40. The number of ether oxygens (including phenoxy) is 1. The van der Waals surface area contributed by atoms with E-state index >= 15 is 0 Å². The van der Waals surface area contributed by atoms with E-state index in [-0.39, 0.29) is 17.4 Å². The third-order valence-electron chi connectivity index (χ3n) is 4.26. The van der Waals surface area contributed by atoms with Gasteiger partial charge in [0.2, 0.25) is 5.91 Å². The maximum absolute atomic E-state index is 12.5. The van der Waals surface area contributed by atoms with Crippen LogP contribution in [0.3, 0.4) is 0 Å². The predicted octanol–water partition coefficient (Wildman–Crippen LogP) is 3.51. The Hall–Kier alpha value is -2.04. The molecule has 1 aliphatic heterocycles. The van der Waals surface area contributed by atoms with Gasteiger partial charge in [0.05, 0.1) is 6.04 Å². The summed E-state index contributed by atoms with van der Waals surface area (Å²) in [5.74, 6) is 0.125. The molecule has 2 rings (SSSR count). The molecule has 0 radical (unpaired) electrons. The van der Waals surface area contributed by atoms with Crippen LogP contribution < -0.4 is 5.32 Å². The Bertz CT molecular complexity index is 594. The molecule has 132 valence electrons. The van der Waals surface area contributed by atoms with Crippen molar-refractivity contribution in [3.05, 3.63) is 35.9 Å². The molecule has 1 heterocycles. The molecule has 0 aliphatic carbocycles. The highest BCUT2D eigenvalue weighted by Crippen LogP contribution is 2.35.